The van der Waals surface area contributed by atoms with Crippen molar-refractivity contribution in [3.8, 4) is 0 Å². The molecule has 0 aromatic carbocycles. The minimum absolute atomic E-state index is 0.236. The molecule has 0 aliphatic rings. The fourth-order valence-corrected chi connectivity index (χ4v) is 2.43. The highest BCUT2D eigenvalue weighted by Crippen LogP contribution is 2.18. The van der Waals surface area contributed by atoms with E-state index in [0.29, 0.717) is 6.42 Å². The molecule has 0 spiro atoms. The number of rotatable bonds is 16. The van der Waals surface area contributed by atoms with E-state index in [0.717, 1.165) is 64.2 Å². The van der Waals surface area contributed by atoms with Crippen LogP contribution < -0.4 is 0 Å². The number of allylic oxidation sites excluding steroid dienone is 1. The predicted molar refractivity (Wildman–Crippen MR) is 91.1 cm³/mol. The Morgan fingerprint density at radius 2 is 1.43 bits per heavy atom. The Labute approximate surface area is 140 Å². The summed E-state index contributed by atoms with van der Waals surface area (Å²) in [5.41, 5.74) is 0. The molecular formula is C18H34O5. The van der Waals surface area contributed by atoms with E-state index in [9.17, 15) is 15.0 Å². The highest BCUT2D eigenvalue weighted by molar-refractivity contribution is 5.66. The number of aliphatic carboxylic acids is 1. The molecule has 23 heavy (non-hydrogen) atoms. The van der Waals surface area contributed by atoms with Gasteiger partial charge in [-0.3, -0.25) is 4.79 Å². The molecule has 136 valence electrons. The molecule has 5 nitrogen and oxygen atoms in total. The average molecular weight is 330 g/mol. The maximum atomic E-state index is 10.3. The number of carboxylic acid groups (broad SMARTS) is 1. The molecule has 0 heterocycles. The standard InChI is InChI=1S/C18H34O5/c19-16-12-8-4-3-7-11-15-18(22,23)14-10-6-2-1-5-9-13-17(20)21/h7,11,19,22-23H,1-6,8-10,12-16H2,(H,20,21)/b11-7+. The van der Waals surface area contributed by atoms with Crippen LogP contribution in [-0.4, -0.2) is 38.8 Å². The molecule has 0 fully saturated rings. The van der Waals surface area contributed by atoms with Crippen molar-refractivity contribution in [1.82, 2.24) is 0 Å². The molecule has 0 radical (unpaired) electrons. The first-order chi connectivity index (χ1) is 11.0. The van der Waals surface area contributed by atoms with Crippen LogP contribution in [0.4, 0.5) is 0 Å². The van der Waals surface area contributed by atoms with Crippen LogP contribution in [0.3, 0.4) is 0 Å². The normalized spacial score (nSPS) is 12.1. The van der Waals surface area contributed by atoms with E-state index in [2.05, 4.69) is 0 Å². The van der Waals surface area contributed by atoms with Gasteiger partial charge < -0.3 is 20.4 Å². The number of carboxylic acids is 1. The van der Waals surface area contributed by atoms with Crippen molar-refractivity contribution in [2.24, 2.45) is 0 Å². The van der Waals surface area contributed by atoms with Crippen molar-refractivity contribution in [2.75, 3.05) is 6.61 Å². The second kappa shape index (κ2) is 14.7. The lowest BCUT2D eigenvalue weighted by atomic mass is 10.0. The Balaban J connectivity index is 3.49. The summed E-state index contributed by atoms with van der Waals surface area (Å²) in [5, 5.41) is 36.9. The average Bonchev–Trinajstić information content (AvgIpc) is 2.48. The van der Waals surface area contributed by atoms with Gasteiger partial charge in [0.2, 0.25) is 0 Å². The topological polar surface area (TPSA) is 98.0 Å². The molecule has 0 atom stereocenters. The molecule has 0 aliphatic carbocycles. The molecule has 0 aromatic rings. The summed E-state index contributed by atoms with van der Waals surface area (Å²) in [6.45, 7) is 0.236. The minimum atomic E-state index is -1.62. The van der Waals surface area contributed by atoms with Crippen LogP contribution in [0.25, 0.3) is 0 Å². The summed E-state index contributed by atoms with van der Waals surface area (Å²) in [7, 11) is 0. The molecule has 0 saturated heterocycles. The van der Waals surface area contributed by atoms with Crippen molar-refractivity contribution < 1.29 is 25.2 Å². The van der Waals surface area contributed by atoms with Crippen LogP contribution in [0.1, 0.15) is 83.5 Å². The second-order valence-corrected chi connectivity index (χ2v) is 6.25. The number of carbonyl (C=O) groups is 1. The monoisotopic (exact) mass is 330 g/mol. The smallest absolute Gasteiger partial charge is 0.303 e. The second-order valence-electron chi connectivity index (χ2n) is 6.25. The van der Waals surface area contributed by atoms with E-state index < -0.39 is 11.8 Å². The number of hydrogen-bond acceptors (Lipinski definition) is 4. The Bertz CT molecular complexity index is 313. The van der Waals surface area contributed by atoms with Gasteiger partial charge in [0.15, 0.2) is 5.79 Å². The van der Waals surface area contributed by atoms with E-state index in [-0.39, 0.29) is 19.4 Å². The Morgan fingerprint density at radius 3 is 2.09 bits per heavy atom. The molecule has 0 rings (SSSR count). The van der Waals surface area contributed by atoms with E-state index in [1.807, 2.05) is 12.2 Å². The molecular weight excluding hydrogens is 296 g/mol. The number of aliphatic hydroxyl groups is 3. The fraction of sp³-hybridized carbons (Fsp3) is 0.833. The van der Waals surface area contributed by atoms with Gasteiger partial charge in [0.25, 0.3) is 0 Å². The van der Waals surface area contributed by atoms with Gasteiger partial charge in [0.1, 0.15) is 0 Å². The SMILES string of the molecule is O=C(O)CCCCCCCCC(O)(O)C/C=C/CCCCCO. The van der Waals surface area contributed by atoms with Crippen molar-refractivity contribution in [3.05, 3.63) is 12.2 Å². The molecule has 5 heteroatoms. The summed E-state index contributed by atoms with van der Waals surface area (Å²) >= 11 is 0. The van der Waals surface area contributed by atoms with Crippen LogP contribution in [0, 0.1) is 0 Å². The number of hydrogen-bond donors (Lipinski definition) is 4. The highest BCUT2D eigenvalue weighted by Gasteiger charge is 2.19. The highest BCUT2D eigenvalue weighted by atomic mass is 16.5. The maximum Gasteiger partial charge on any atom is 0.303 e. The third-order valence-electron chi connectivity index (χ3n) is 3.86. The lowest BCUT2D eigenvalue weighted by Crippen LogP contribution is -2.26. The van der Waals surface area contributed by atoms with Crippen molar-refractivity contribution in [1.29, 1.82) is 0 Å². The van der Waals surface area contributed by atoms with Gasteiger partial charge >= 0.3 is 5.97 Å². The van der Waals surface area contributed by atoms with E-state index in [1.165, 1.54) is 0 Å². The Hall–Kier alpha value is -0.910. The Morgan fingerprint density at radius 1 is 0.826 bits per heavy atom. The minimum Gasteiger partial charge on any atom is -0.481 e. The lowest BCUT2D eigenvalue weighted by molar-refractivity contribution is -0.163. The molecule has 0 aliphatic heterocycles. The zero-order valence-corrected chi connectivity index (χ0v) is 14.3. The molecule has 0 bridgehead atoms. The predicted octanol–water partition coefficient (Wildman–Crippen LogP) is 3.37. The van der Waals surface area contributed by atoms with Crippen molar-refractivity contribution >= 4 is 5.97 Å². The van der Waals surface area contributed by atoms with Gasteiger partial charge in [-0.05, 0) is 32.1 Å². The van der Waals surface area contributed by atoms with Crippen LogP contribution in [-0.2, 0) is 4.79 Å². The summed E-state index contributed by atoms with van der Waals surface area (Å²) in [6.07, 6.45) is 13.8. The molecule has 4 N–H and O–H groups in total. The third-order valence-corrected chi connectivity index (χ3v) is 3.86. The van der Waals surface area contributed by atoms with Crippen LogP contribution >= 0.6 is 0 Å². The zero-order chi connectivity index (χ0) is 17.4. The molecule has 0 saturated carbocycles. The summed E-state index contributed by atoms with van der Waals surface area (Å²) in [4.78, 5) is 10.3. The van der Waals surface area contributed by atoms with E-state index in [4.69, 9.17) is 10.2 Å². The van der Waals surface area contributed by atoms with Gasteiger partial charge in [-0.25, -0.2) is 0 Å². The quantitative estimate of drug-likeness (QED) is 0.198. The summed E-state index contributed by atoms with van der Waals surface area (Å²) in [5.74, 6) is -2.36. The van der Waals surface area contributed by atoms with Gasteiger partial charge in [0.05, 0.1) is 0 Å². The Kier molecular flexibility index (Phi) is 14.1. The first kappa shape index (κ1) is 22.1. The number of unbranched alkanes of at least 4 members (excludes halogenated alkanes) is 8. The third kappa shape index (κ3) is 17.3. The molecule has 0 unspecified atom stereocenters. The van der Waals surface area contributed by atoms with Gasteiger partial charge in [-0.15, -0.1) is 0 Å². The summed E-state index contributed by atoms with van der Waals surface area (Å²) in [6, 6.07) is 0. The van der Waals surface area contributed by atoms with Gasteiger partial charge in [-0.1, -0.05) is 44.3 Å². The lowest BCUT2D eigenvalue weighted by Gasteiger charge is -2.19. The first-order valence-corrected chi connectivity index (χ1v) is 8.90. The largest absolute Gasteiger partial charge is 0.481 e. The number of aliphatic hydroxyl groups excluding tert-OH is 1. The van der Waals surface area contributed by atoms with Crippen LogP contribution in [0.5, 0.6) is 0 Å². The molecule has 0 amide bonds. The van der Waals surface area contributed by atoms with E-state index >= 15 is 0 Å². The maximum absolute atomic E-state index is 10.3. The fourth-order valence-electron chi connectivity index (χ4n) is 2.43. The molecule has 0 aromatic heterocycles. The van der Waals surface area contributed by atoms with E-state index in [1.54, 1.807) is 0 Å². The van der Waals surface area contributed by atoms with Crippen molar-refractivity contribution in [3.63, 3.8) is 0 Å². The first-order valence-electron chi connectivity index (χ1n) is 8.90. The summed E-state index contributed by atoms with van der Waals surface area (Å²) < 4.78 is 0. The zero-order valence-electron chi connectivity index (χ0n) is 14.3. The van der Waals surface area contributed by atoms with Crippen LogP contribution in [0.15, 0.2) is 12.2 Å². The van der Waals surface area contributed by atoms with Gasteiger partial charge in [-0.2, -0.15) is 0 Å². The van der Waals surface area contributed by atoms with Crippen molar-refractivity contribution in [2.45, 2.75) is 89.3 Å². The van der Waals surface area contributed by atoms with Gasteiger partial charge in [0, 0.05) is 25.9 Å². The van der Waals surface area contributed by atoms with Crippen LogP contribution in [0.2, 0.25) is 0 Å².